The molecule has 0 saturated heterocycles. The molecule has 74 valence electrons. The zero-order valence-electron chi connectivity index (χ0n) is 8.95. The van der Waals surface area contributed by atoms with E-state index < -0.39 is 0 Å². The fourth-order valence-electron chi connectivity index (χ4n) is 1.27. The van der Waals surface area contributed by atoms with Crippen LogP contribution < -0.4 is 0 Å². The van der Waals surface area contributed by atoms with E-state index >= 15 is 0 Å². The molecule has 0 aliphatic carbocycles. The maximum absolute atomic E-state index is 10.4. The second-order valence-corrected chi connectivity index (χ2v) is 3.83. The summed E-state index contributed by atoms with van der Waals surface area (Å²) in [5, 5.41) is 0. The quantitative estimate of drug-likeness (QED) is 0.524. The average Bonchev–Trinajstić information content (AvgIpc) is 2.18. The molecule has 1 aromatic carbocycles. The highest BCUT2D eigenvalue weighted by atomic mass is 16.1. The van der Waals surface area contributed by atoms with Crippen molar-refractivity contribution in [2.45, 2.75) is 26.7 Å². The lowest BCUT2D eigenvalue weighted by molar-refractivity contribution is -0.104. The Morgan fingerprint density at radius 1 is 1.21 bits per heavy atom. The van der Waals surface area contributed by atoms with Gasteiger partial charge in [-0.25, -0.2) is 0 Å². The molecule has 1 rings (SSSR count). The Morgan fingerprint density at radius 3 is 2.21 bits per heavy atom. The number of rotatable bonds is 3. The van der Waals surface area contributed by atoms with Crippen LogP contribution in [-0.4, -0.2) is 6.29 Å². The summed E-state index contributed by atoms with van der Waals surface area (Å²) in [6.45, 7) is 6.15. The first-order valence-corrected chi connectivity index (χ1v) is 4.87. The molecule has 0 aliphatic heterocycles. The van der Waals surface area contributed by atoms with Crippen molar-refractivity contribution < 1.29 is 4.79 Å². The fourth-order valence-corrected chi connectivity index (χ4v) is 1.27. The van der Waals surface area contributed by atoms with Gasteiger partial charge in [-0.3, -0.25) is 4.79 Å². The molecule has 1 heteroatoms. The second-order valence-electron chi connectivity index (χ2n) is 3.83. The van der Waals surface area contributed by atoms with Crippen LogP contribution in [0.4, 0.5) is 0 Å². The molecule has 0 unspecified atom stereocenters. The van der Waals surface area contributed by atoms with E-state index in [0.29, 0.717) is 5.92 Å². The van der Waals surface area contributed by atoms with E-state index in [0.717, 1.165) is 17.4 Å². The predicted molar refractivity (Wildman–Crippen MR) is 60.2 cm³/mol. The minimum absolute atomic E-state index is 0.556. The molecule has 0 saturated carbocycles. The molecule has 0 atom stereocenters. The molecule has 1 nitrogen and oxygen atoms in total. The first-order valence-electron chi connectivity index (χ1n) is 4.87. The molecule has 0 aromatic heterocycles. The summed E-state index contributed by atoms with van der Waals surface area (Å²) in [6.07, 6.45) is 2.76. The number of hydrogen-bond acceptors (Lipinski definition) is 1. The van der Waals surface area contributed by atoms with Crippen LogP contribution in [0.1, 0.15) is 37.8 Å². The number of hydrogen-bond donors (Lipinski definition) is 0. The van der Waals surface area contributed by atoms with Gasteiger partial charge < -0.3 is 0 Å². The zero-order valence-corrected chi connectivity index (χ0v) is 8.95. The van der Waals surface area contributed by atoms with Gasteiger partial charge in [-0.2, -0.15) is 0 Å². The summed E-state index contributed by atoms with van der Waals surface area (Å²) in [4.78, 5) is 10.4. The molecule has 1 aromatic rings. The Labute approximate surface area is 85.5 Å². The van der Waals surface area contributed by atoms with Gasteiger partial charge >= 0.3 is 0 Å². The van der Waals surface area contributed by atoms with Gasteiger partial charge in [0, 0.05) is 0 Å². The molecular formula is C13H16O. The van der Waals surface area contributed by atoms with Gasteiger partial charge in [0.2, 0.25) is 0 Å². The zero-order chi connectivity index (χ0) is 10.6. The molecule has 0 fully saturated rings. The Bertz CT molecular complexity index is 331. The van der Waals surface area contributed by atoms with Gasteiger partial charge in [-0.1, -0.05) is 38.1 Å². The number of aldehydes is 1. The maximum Gasteiger partial charge on any atom is 0.145 e. The fraction of sp³-hybridized carbons (Fsp3) is 0.308. The van der Waals surface area contributed by atoms with Gasteiger partial charge in [0.05, 0.1) is 0 Å². The van der Waals surface area contributed by atoms with E-state index in [9.17, 15) is 4.79 Å². The molecule has 0 radical (unpaired) electrons. The van der Waals surface area contributed by atoms with E-state index in [-0.39, 0.29) is 0 Å². The smallest absolute Gasteiger partial charge is 0.145 e. The third-order valence-corrected chi connectivity index (χ3v) is 2.18. The highest BCUT2D eigenvalue weighted by Gasteiger charge is 1.97. The summed E-state index contributed by atoms with van der Waals surface area (Å²) in [5.74, 6) is 0.556. The molecule has 0 spiro atoms. The topological polar surface area (TPSA) is 17.1 Å². The van der Waals surface area contributed by atoms with Crippen molar-refractivity contribution in [1.29, 1.82) is 0 Å². The van der Waals surface area contributed by atoms with Gasteiger partial charge in [0.15, 0.2) is 0 Å². The first-order chi connectivity index (χ1) is 6.63. The van der Waals surface area contributed by atoms with Crippen LogP contribution in [0.3, 0.4) is 0 Å². The lowest BCUT2D eigenvalue weighted by Gasteiger charge is -2.04. The normalized spacial score (nSPS) is 11.9. The molecule has 0 N–H and O–H groups in total. The van der Waals surface area contributed by atoms with Gasteiger partial charge in [-0.05, 0) is 35.6 Å². The SMILES string of the molecule is CC(C=O)=Cc1ccc(C(C)C)cc1. The van der Waals surface area contributed by atoms with Crippen LogP contribution >= 0.6 is 0 Å². The van der Waals surface area contributed by atoms with Gasteiger partial charge in [0.25, 0.3) is 0 Å². The summed E-state index contributed by atoms with van der Waals surface area (Å²) < 4.78 is 0. The molecule has 0 heterocycles. The minimum atomic E-state index is 0.556. The van der Waals surface area contributed by atoms with Crippen LogP contribution in [0.5, 0.6) is 0 Å². The number of carbonyl (C=O) groups excluding carboxylic acids is 1. The molecule has 0 aliphatic rings. The van der Waals surface area contributed by atoms with Crippen molar-refractivity contribution in [2.24, 2.45) is 0 Å². The Balaban J connectivity index is 2.89. The third kappa shape index (κ3) is 2.84. The van der Waals surface area contributed by atoms with E-state index in [2.05, 4.69) is 26.0 Å². The van der Waals surface area contributed by atoms with Crippen molar-refractivity contribution in [3.63, 3.8) is 0 Å². The second kappa shape index (κ2) is 4.75. The molecule has 0 bridgehead atoms. The Hall–Kier alpha value is -1.37. The molecule has 14 heavy (non-hydrogen) atoms. The Kier molecular flexibility index (Phi) is 3.63. The van der Waals surface area contributed by atoms with Crippen molar-refractivity contribution >= 4 is 12.4 Å². The van der Waals surface area contributed by atoms with Gasteiger partial charge in [-0.15, -0.1) is 0 Å². The maximum atomic E-state index is 10.4. The number of benzene rings is 1. The van der Waals surface area contributed by atoms with Crippen molar-refractivity contribution in [3.05, 3.63) is 41.0 Å². The summed E-state index contributed by atoms with van der Waals surface area (Å²) >= 11 is 0. The van der Waals surface area contributed by atoms with E-state index in [1.54, 1.807) is 0 Å². The van der Waals surface area contributed by atoms with E-state index in [4.69, 9.17) is 0 Å². The monoisotopic (exact) mass is 188 g/mol. The Morgan fingerprint density at radius 2 is 1.79 bits per heavy atom. The highest BCUT2D eigenvalue weighted by Crippen LogP contribution is 2.15. The van der Waals surface area contributed by atoms with Crippen LogP contribution in [0.15, 0.2) is 29.8 Å². The summed E-state index contributed by atoms with van der Waals surface area (Å²) in [6, 6.07) is 8.30. The predicted octanol–water partition coefficient (Wildman–Crippen LogP) is 3.41. The van der Waals surface area contributed by atoms with Crippen LogP contribution in [0.2, 0.25) is 0 Å². The third-order valence-electron chi connectivity index (χ3n) is 2.18. The van der Waals surface area contributed by atoms with E-state index in [1.807, 2.05) is 25.1 Å². The molecule has 0 amide bonds. The van der Waals surface area contributed by atoms with Crippen LogP contribution in [0, 0.1) is 0 Å². The number of carbonyl (C=O) groups is 1. The first kappa shape index (κ1) is 10.7. The molecular weight excluding hydrogens is 172 g/mol. The minimum Gasteiger partial charge on any atom is -0.298 e. The van der Waals surface area contributed by atoms with Crippen molar-refractivity contribution in [1.82, 2.24) is 0 Å². The largest absolute Gasteiger partial charge is 0.298 e. The summed E-state index contributed by atoms with van der Waals surface area (Å²) in [5.41, 5.74) is 3.16. The van der Waals surface area contributed by atoms with Crippen molar-refractivity contribution in [3.8, 4) is 0 Å². The van der Waals surface area contributed by atoms with Crippen molar-refractivity contribution in [2.75, 3.05) is 0 Å². The van der Waals surface area contributed by atoms with E-state index in [1.165, 1.54) is 5.56 Å². The van der Waals surface area contributed by atoms with Crippen LogP contribution in [-0.2, 0) is 4.79 Å². The lowest BCUT2D eigenvalue weighted by Crippen LogP contribution is -1.86. The average molecular weight is 188 g/mol. The highest BCUT2D eigenvalue weighted by molar-refractivity contribution is 5.80. The lowest BCUT2D eigenvalue weighted by atomic mass is 10.0. The van der Waals surface area contributed by atoms with Crippen LogP contribution in [0.25, 0.3) is 6.08 Å². The van der Waals surface area contributed by atoms with Gasteiger partial charge in [0.1, 0.15) is 6.29 Å². The standard InChI is InChI=1S/C13H16O/c1-10(2)13-6-4-12(5-7-13)8-11(3)9-14/h4-10H,1-3H3. The number of allylic oxidation sites excluding steroid dienone is 1. The summed E-state index contributed by atoms with van der Waals surface area (Å²) in [7, 11) is 0.